The molecule has 0 fully saturated rings. The number of hydrogen-bond acceptors (Lipinski definition) is 5. The molecule has 0 radical (unpaired) electrons. The lowest BCUT2D eigenvalue weighted by atomic mass is 9.91. The number of carbonyl (C=O) groups is 2. The first-order chi connectivity index (χ1) is 14.3. The molecule has 5 heteroatoms. The lowest BCUT2D eigenvalue weighted by molar-refractivity contribution is 0.0547. The van der Waals surface area contributed by atoms with Crippen LogP contribution in [0, 0.1) is 12.3 Å². The summed E-state index contributed by atoms with van der Waals surface area (Å²) in [6.07, 6.45) is 5.54. The van der Waals surface area contributed by atoms with Crippen LogP contribution in [0.25, 0.3) is 21.9 Å². The molecule has 0 saturated heterocycles. The van der Waals surface area contributed by atoms with Crippen molar-refractivity contribution in [2.24, 2.45) is 0 Å². The van der Waals surface area contributed by atoms with Crippen molar-refractivity contribution in [2.75, 3.05) is 14.2 Å². The third kappa shape index (κ3) is 3.85. The van der Waals surface area contributed by atoms with E-state index in [2.05, 4.69) is 5.92 Å². The van der Waals surface area contributed by atoms with Crippen LogP contribution in [-0.2, 0) is 9.47 Å². The SMILES string of the molecule is C#CC(C)(C)Oc1ccc(-c2cccc3ccccc23)c(C(=O)OC)c1C(=O)OC. The molecule has 0 unspecified atom stereocenters. The molecule has 0 heterocycles. The first-order valence-corrected chi connectivity index (χ1v) is 9.31. The summed E-state index contributed by atoms with van der Waals surface area (Å²) in [6.45, 7) is 3.37. The summed E-state index contributed by atoms with van der Waals surface area (Å²) in [5.74, 6) is 1.26. The molecule has 0 atom stereocenters. The molecule has 5 nitrogen and oxygen atoms in total. The fourth-order valence-electron chi connectivity index (χ4n) is 3.28. The zero-order valence-electron chi connectivity index (χ0n) is 17.3. The molecule has 0 aliphatic carbocycles. The first-order valence-electron chi connectivity index (χ1n) is 9.31. The molecule has 0 spiro atoms. The normalized spacial score (nSPS) is 10.9. The van der Waals surface area contributed by atoms with Gasteiger partial charge >= 0.3 is 11.9 Å². The highest BCUT2D eigenvalue weighted by Crippen LogP contribution is 2.37. The number of esters is 2. The van der Waals surface area contributed by atoms with E-state index in [0.717, 1.165) is 16.3 Å². The zero-order chi connectivity index (χ0) is 21.9. The maximum absolute atomic E-state index is 12.8. The molecule has 30 heavy (non-hydrogen) atoms. The first kappa shape index (κ1) is 20.9. The number of fused-ring (bicyclic) bond motifs is 1. The van der Waals surface area contributed by atoms with Crippen molar-refractivity contribution in [2.45, 2.75) is 19.4 Å². The van der Waals surface area contributed by atoms with Gasteiger partial charge in [-0.25, -0.2) is 9.59 Å². The Morgan fingerprint density at radius 2 is 1.47 bits per heavy atom. The second kappa shape index (κ2) is 8.30. The topological polar surface area (TPSA) is 61.8 Å². The molecule has 3 rings (SSSR count). The van der Waals surface area contributed by atoms with Gasteiger partial charge in [0.2, 0.25) is 0 Å². The van der Waals surface area contributed by atoms with E-state index in [1.54, 1.807) is 26.0 Å². The molecule has 0 N–H and O–H groups in total. The third-order valence-electron chi connectivity index (χ3n) is 4.74. The summed E-state index contributed by atoms with van der Waals surface area (Å²) in [5.41, 5.74) is 0.340. The van der Waals surface area contributed by atoms with Crippen molar-refractivity contribution in [3.05, 3.63) is 65.7 Å². The summed E-state index contributed by atoms with van der Waals surface area (Å²) >= 11 is 0. The molecular weight excluding hydrogens is 380 g/mol. The number of methoxy groups -OCH3 is 2. The molecule has 0 aromatic heterocycles. The van der Waals surface area contributed by atoms with Crippen LogP contribution < -0.4 is 4.74 Å². The van der Waals surface area contributed by atoms with Gasteiger partial charge < -0.3 is 14.2 Å². The Morgan fingerprint density at radius 1 is 0.833 bits per heavy atom. The van der Waals surface area contributed by atoms with Gasteiger partial charge in [-0.15, -0.1) is 6.42 Å². The van der Waals surface area contributed by atoms with E-state index in [4.69, 9.17) is 20.6 Å². The molecular formula is C25H22O5. The van der Waals surface area contributed by atoms with E-state index < -0.39 is 17.5 Å². The van der Waals surface area contributed by atoms with Gasteiger partial charge in [-0.3, -0.25) is 0 Å². The zero-order valence-corrected chi connectivity index (χ0v) is 17.3. The van der Waals surface area contributed by atoms with Crippen molar-refractivity contribution in [1.29, 1.82) is 0 Å². The van der Waals surface area contributed by atoms with Crippen molar-refractivity contribution in [1.82, 2.24) is 0 Å². The molecule has 0 saturated carbocycles. The van der Waals surface area contributed by atoms with Crippen molar-refractivity contribution in [3.8, 4) is 29.2 Å². The van der Waals surface area contributed by atoms with E-state index in [-0.39, 0.29) is 16.9 Å². The predicted octanol–water partition coefficient (Wildman–Crippen LogP) is 4.87. The van der Waals surface area contributed by atoms with E-state index >= 15 is 0 Å². The molecule has 0 bridgehead atoms. The van der Waals surface area contributed by atoms with E-state index in [0.29, 0.717) is 5.56 Å². The average molecular weight is 402 g/mol. The third-order valence-corrected chi connectivity index (χ3v) is 4.74. The smallest absolute Gasteiger partial charge is 0.342 e. The van der Waals surface area contributed by atoms with Crippen LogP contribution in [0.15, 0.2) is 54.6 Å². The van der Waals surface area contributed by atoms with Crippen LogP contribution >= 0.6 is 0 Å². The van der Waals surface area contributed by atoms with Gasteiger partial charge in [-0.1, -0.05) is 48.4 Å². The minimum absolute atomic E-state index is 0.0295. The van der Waals surface area contributed by atoms with Crippen LogP contribution in [0.2, 0.25) is 0 Å². The lowest BCUT2D eigenvalue weighted by Crippen LogP contribution is -2.27. The number of terminal acetylenes is 1. The van der Waals surface area contributed by atoms with Gasteiger partial charge in [-0.2, -0.15) is 0 Å². The van der Waals surface area contributed by atoms with Gasteiger partial charge in [0.05, 0.1) is 19.8 Å². The summed E-state index contributed by atoms with van der Waals surface area (Å²) in [7, 11) is 2.50. The van der Waals surface area contributed by atoms with Gasteiger partial charge in [-0.05, 0) is 47.9 Å². The number of ether oxygens (including phenoxy) is 3. The monoisotopic (exact) mass is 402 g/mol. The van der Waals surface area contributed by atoms with E-state index in [1.807, 2.05) is 42.5 Å². The van der Waals surface area contributed by atoms with Crippen molar-refractivity contribution < 1.29 is 23.8 Å². The maximum Gasteiger partial charge on any atom is 0.342 e. The fourth-order valence-corrected chi connectivity index (χ4v) is 3.28. The number of hydrogen-bond donors (Lipinski definition) is 0. The van der Waals surface area contributed by atoms with Gasteiger partial charge in [0.25, 0.3) is 0 Å². The summed E-state index contributed by atoms with van der Waals surface area (Å²) in [6, 6.07) is 16.9. The number of benzene rings is 3. The summed E-state index contributed by atoms with van der Waals surface area (Å²) in [4.78, 5) is 25.6. The second-order valence-corrected chi connectivity index (χ2v) is 7.13. The molecule has 0 amide bonds. The van der Waals surface area contributed by atoms with Crippen LogP contribution in [0.3, 0.4) is 0 Å². The highest BCUT2D eigenvalue weighted by Gasteiger charge is 2.30. The van der Waals surface area contributed by atoms with Crippen LogP contribution in [0.1, 0.15) is 34.6 Å². The summed E-state index contributed by atoms with van der Waals surface area (Å²) < 4.78 is 15.8. The van der Waals surface area contributed by atoms with Gasteiger partial charge in [0.15, 0.2) is 5.60 Å². The Bertz CT molecular complexity index is 1160. The van der Waals surface area contributed by atoms with Crippen molar-refractivity contribution in [3.63, 3.8) is 0 Å². The second-order valence-electron chi connectivity index (χ2n) is 7.13. The Kier molecular flexibility index (Phi) is 5.79. The molecule has 3 aromatic carbocycles. The molecule has 0 aliphatic heterocycles. The van der Waals surface area contributed by atoms with Crippen molar-refractivity contribution >= 4 is 22.7 Å². The standard InChI is InChI=1S/C25H22O5/c1-6-25(2,3)30-20-15-14-19(21(23(26)28-4)22(20)24(27)29-5)18-13-9-11-16-10-7-8-12-17(16)18/h1,7-15H,2-5H3. The summed E-state index contributed by atoms with van der Waals surface area (Å²) in [5, 5.41) is 1.93. The minimum Gasteiger partial charge on any atom is -0.474 e. The molecule has 0 aliphatic rings. The quantitative estimate of drug-likeness (QED) is 0.450. The Labute approximate surface area is 175 Å². The highest BCUT2D eigenvalue weighted by molar-refractivity contribution is 6.12. The Balaban J connectivity index is 2.38. The van der Waals surface area contributed by atoms with Gasteiger partial charge in [0.1, 0.15) is 11.3 Å². The highest BCUT2D eigenvalue weighted by atomic mass is 16.5. The number of rotatable bonds is 5. The number of carbonyl (C=O) groups excluding carboxylic acids is 2. The van der Waals surface area contributed by atoms with Crippen LogP contribution in [0.4, 0.5) is 0 Å². The van der Waals surface area contributed by atoms with Crippen LogP contribution in [0.5, 0.6) is 5.75 Å². The Morgan fingerprint density at radius 3 is 2.13 bits per heavy atom. The fraction of sp³-hybridized carbons (Fsp3) is 0.200. The maximum atomic E-state index is 12.8. The largest absolute Gasteiger partial charge is 0.474 e. The van der Waals surface area contributed by atoms with E-state index in [1.165, 1.54) is 14.2 Å². The average Bonchev–Trinajstić information content (AvgIpc) is 2.77. The molecule has 3 aromatic rings. The Hall–Kier alpha value is -3.78. The van der Waals surface area contributed by atoms with Gasteiger partial charge in [0, 0.05) is 0 Å². The van der Waals surface area contributed by atoms with E-state index in [9.17, 15) is 9.59 Å². The minimum atomic E-state index is -1.00. The lowest BCUT2D eigenvalue weighted by Gasteiger charge is -2.24. The predicted molar refractivity (Wildman–Crippen MR) is 116 cm³/mol. The van der Waals surface area contributed by atoms with Crippen LogP contribution in [-0.4, -0.2) is 31.8 Å². The molecule has 152 valence electrons.